The van der Waals surface area contributed by atoms with Gasteiger partial charge in [-0.05, 0) is 59.7 Å². The molecule has 0 spiro atoms. The number of para-hydroxylation sites is 2. The number of benzene rings is 4. The Balaban J connectivity index is 1.47. The molecule has 1 N–H and O–H groups in total. The average Bonchev–Trinajstić information content (AvgIpc) is 3.06. The van der Waals surface area contributed by atoms with E-state index in [9.17, 15) is 39.3 Å². The molecule has 0 unspecified atom stereocenters. The van der Waals surface area contributed by atoms with Crippen LogP contribution in [0.3, 0.4) is 0 Å². The fraction of sp³-hybridized carbons (Fsp3) is 0.0625. The lowest BCUT2D eigenvalue weighted by molar-refractivity contribution is -0.385. The van der Waals surface area contributed by atoms with Gasteiger partial charge in [-0.2, -0.15) is 0 Å². The van der Waals surface area contributed by atoms with Gasteiger partial charge >= 0.3 is 7.82 Å². The smallest absolute Gasteiger partial charge is 0.493 e. The number of nitrogens with zero attached hydrogens (tertiary/aromatic N) is 2. The van der Waals surface area contributed by atoms with Crippen LogP contribution in [0.4, 0.5) is 11.4 Å². The van der Waals surface area contributed by atoms with Gasteiger partial charge in [0.25, 0.3) is 11.4 Å². The van der Waals surface area contributed by atoms with Crippen molar-refractivity contribution in [3.8, 4) is 23.0 Å². The van der Waals surface area contributed by atoms with Gasteiger partial charge in [-0.25, -0.2) is 4.57 Å². The molecule has 0 aliphatic carbocycles. The lowest BCUT2D eigenvalue weighted by atomic mass is 10.1. The summed E-state index contributed by atoms with van der Waals surface area (Å²) in [5.74, 6) is -1.53. The molecule has 4 aromatic carbocycles. The third-order valence-corrected chi connectivity index (χ3v) is 7.24. The first kappa shape index (κ1) is 33.8. The minimum absolute atomic E-state index is 0.0129. The van der Waals surface area contributed by atoms with Crippen LogP contribution in [0.15, 0.2) is 97.1 Å². The number of carbonyl (C=O) groups is 2. The number of hydrogen-bond donors (Lipinski definition) is 1. The second-order valence-corrected chi connectivity index (χ2v) is 10.7. The van der Waals surface area contributed by atoms with Gasteiger partial charge in [0, 0.05) is 12.1 Å². The molecule has 0 bridgehead atoms. The van der Waals surface area contributed by atoms with Crippen molar-refractivity contribution in [2.45, 2.75) is 0 Å². The van der Waals surface area contributed by atoms with E-state index in [-0.39, 0.29) is 45.5 Å². The lowest BCUT2D eigenvalue weighted by Gasteiger charge is -2.17. The molecule has 240 valence electrons. The molecule has 0 aliphatic rings. The summed E-state index contributed by atoms with van der Waals surface area (Å²) in [7, 11) is -2.28. The first-order valence-corrected chi connectivity index (χ1v) is 14.9. The molecular formula is C32H25N2O12P. The minimum atomic E-state index is -4.85. The molecule has 14 nitrogen and oxygen atoms in total. The van der Waals surface area contributed by atoms with Gasteiger partial charge < -0.3 is 18.5 Å². The normalized spacial score (nSPS) is 11.3. The molecule has 4 aromatic rings. The number of nitro benzene ring substituents is 2. The third-order valence-electron chi connectivity index (χ3n) is 6.39. The Kier molecular flexibility index (Phi) is 10.6. The average molecular weight is 661 g/mol. The van der Waals surface area contributed by atoms with Crippen LogP contribution in [0.1, 0.15) is 31.8 Å². The van der Waals surface area contributed by atoms with Crippen molar-refractivity contribution in [3.05, 3.63) is 140 Å². The number of phosphoric ester groups is 1. The number of methoxy groups -OCH3 is 2. The molecular weight excluding hydrogens is 635 g/mol. The molecule has 0 atom stereocenters. The number of ether oxygens (including phenoxy) is 2. The molecule has 0 aliphatic heterocycles. The topological polar surface area (TPSA) is 195 Å². The molecule has 0 amide bonds. The number of rotatable bonds is 14. The van der Waals surface area contributed by atoms with E-state index in [0.717, 1.165) is 12.2 Å². The zero-order valence-electron chi connectivity index (χ0n) is 24.7. The fourth-order valence-corrected chi connectivity index (χ4v) is 5.04. The van der Waals surface area contributed by atoms with E-state index in [4.69, 9.17) is 18.5 Å². The molecule has 0 saturated heterocycles. The Hall–Kier alpha value is -6.11. The van der Waals surface area contributed by atoms with Crippen molar-refractivity contribution in [2.24, 2.45) is 0 Å². The molecule has 0 heterocycles. The first-order chi connectivity index (χ1) is 22.4. The molecule has 0 fully saturated rings. The highest BCUT2D eigenvalue weighted by Crippen LogP contribution is 2.49. The maximum Gasteiger partial charge on any atom is 0.585 e. The van der Waals surface area contributed by atoms with E-state index >= 15 is 0 Å². The molecule has 0 aromatic heterocycles. The summed E-state index contributed by atoms with van der Waals surface area (Å²) < 4.78 is 34.0. The van der Waals surface area contributed by atoms with Crippen molar-refractivity contribution in [2.75, 3.05) is 14.2 Å². The van der Waals surface area contributed by atoms with Crippen LogP contribution in [0.2, 0.25) is 0 Å². The Morgan fingerprint density at radius 3 is 1.40 bits per heavy atom. The first-order valence-electron chi connectivity index (χ1n) is 13.4. The summed E-state index contributed by atoms with van der Waals surface area (Å²) in [6.07, 6.45) is 5.06. The summed E-state index contributed by atoms with van der Waals surface area (Å²) >= 11 is 0. The van der Waals surface area contributed by atoms with E-state index in [0.29, 0.717) is 11.1 Å². The Morgan fingerprint density at radius 1 is 0.660 bits per heavy atom. The molecule has 15 heteroatoms. The predicted octanol–water partition coefficient (Wildman–Crippen LogP) is 6.87. The van der Waals surface area contributed by atoms with Crippen molar-refractivity contribution in [3.63, 3.8) is 0 Å². The van der Waals surface area contributed by atoms with Gasteiger partial charge in [0.2, 0.25) is 0 Å². The number of nitro groups is 2. The van der Waals surface area contributed by atoms with Crippen molar-refractivity contribution < 1.29 is 47.4 Å². The predicted molar refractivity (Wildman–Crippen MR) is 170 cm³/mol. The van der Waals surface area contributed by atoms with E-state index in [1.54, 1.807) is 0 Å². The van der Waals surface area contributed by atoms with Crippen LogP contribution in [0.25, 0.3) is 12.2 Å². The third kappa shape index (κ3) is 8.54. The van der Waals surface area contributed by atoms with Crippen molar-refractivity contribution >= 4 is 42.9 Å². The van der Waals surface area contributed by atoms with E-state index < -0.39 is 29.2 Å². The monoisotopic (exact) mass is 660 g/mol. The summed E-state index contributed by atoms with van der Waals surface area (Å²) in [5.41, 5.74) is -0.0235. The number of hydrogen-bond acceptors (Lipinski definition) is 11. The quantitative estimate of drug-likeness (QED) is 0.0485. The SMILES string of the molecule is COc1cc(/C=C/C(=O)c2ccccc2[N+](=O)[O-])ccc1OP(=O)(O)Oc1ccc(/C=C/C(=O)c2ccccc2[N+](=O)[O-])cc1OC. The fourth-order valence-electron chi connectivity index (χ4n) is 4.20. The number of phosphoric acid groups is 1. The second-order valence-electron chi connectivity index (χ2n) is 9.42. The van der Waals surface area contributed by atoms with E-state index in [2.05, 4.69) is 0 Å². The van der Waals surface area contributed by atoms with Gasteiger partial charge in [-0.15, -0.1) is 0 Å². The maximum atomic E-state index is 12.9. The van der Waals surface area contributed by atoms with Crippen LogP contribution >= 0.6 is 7.82 Å². The Labute approximate surface area is 267 Å². The van der Waals surface area contributed by atoms with Gasteiger partial charge in [-0.1, -0.05) is 48.6 Å². The number of ketones is 2. The Bertz CT molecular complexity index is 1830. The molecule has 0 radical (unpaired) electrons. The van der Waals surface area contributed by atoms with Gasteiger partial charge in [0.05, 0.1) is 35.2 Å². The van der Waals surface area contributed by atoms with E-state index in [1.165, 1.54) is 111 Å². The zero-order chi connectivity index (χ0) is 34.1. The van der Waals surface area contributed by atoms with Crippen molar-refractivity contribution in [1.29, 1.82) is 0 Å². The lowest BCUT2D eigenvalue weighted by Crippen LogP contribution is -2.03. The van der Waals surface area contributed by atoms with Gasteiger partial charge in [0.1, 0.15) is 0 Å². The molecule has 4 rings (SSSR count). The standard InChI is InChI=1S/C32H25N2O12P/c1-43-31-19-21(11-15-27(35)23-7-3-5-9-25(23)33(37)38)13-17-29(31)45-47(41,42)46-30-18-14-22(20-32(30)44-2)12-16-28(36)24-8-4-6-10-26(24)34(39)40/h3-20H,1-2H3,(H,41,42)/b15-11+,16-12+. The number of carbonyl (C=O) groups excluding carboxylic acids is 2. The highest BCUT2D eigenvalue weighted by molar-refractivity contribution is 7.48. The minimum Gasteiger partial charge on any atom is -0.493 e. The Morgan fingerprint density at radius 2 is 1.04 bits per heavy atom. The van der Waals surface area contributed by atoms with Crippen LogP contribution in [-0.2, 0) is 4.57 Å². The summed E-state index contributed by atoms with van der Waals surface area (Å²) in [6.45, 7) is 0. The van der Waals surface area contributed by atoms with Crippen LogP contribution in [0, 0.1) is 20.2 Å². The summed E-state index contributed by atoms with van der Waals surface area (Å²) in [6, 6.07) is 19.4. The van der Waals surface area contributed by atoms with Gasteiger partial charge in [-0.3, -0.25) is 34.7 Å². The largest absolute Gasteiger partial charge is 0.585 e. The zero-order valence-corrected chi connectivity index (χ0v) is 25.6. The summed E-state index contributed by atoms with van der Waals surface area (Å²) in [4.78, 5) is 56.8. The second kappa shape index (κ2) is 14.8. The van der Waals surface area contributed by atoms with Crippen LogP contribution in [0.5, 0.6) is 23.0 Å². The number of allylic oxidation sites excluding steroid dienone is 2. The summed E-state index contributed by atoms with van der Waals surface area (Å²) in [5, 5.41) is 22.5. The molecule has 47 heavy (non-hydrogen) atoms. The molecule has 0 saturated carbocycles. The maximum absolute atomic E-state index is 12.9. The highest BCUT2D eigenvalue weighted by atomic mass is 31.2. The van der Waals surface area contributed by atoms with E-state index in [1.807, 2.05) is 0 Å². The van der Waals surface area contributed by atoms with Crippen molar-refractivity contribution in [1.82, 2.24) is 0 Å². The van der Waals surface area contributed by atoms with Crippen LogP contribution in [-0.4, -0.2) is 40.5 Å². The van der Waals surface area contributed by atoms with Crippen LogP contribution < -0.4 is 18.5 Å². The highest BCUT2D eigenvalue weighted by Gasteiger charge is 2.29. The van der Waals surface area contributed by atoms with Gasteiger partial charge in [0.15, 0.2) is 34.6 Å².